The molecule has 0 aliphatic rings. The van der Waals surface area contributed by atoms with Gasteiger partial charge in [-0.05, 0) is 6.92 Å². The van der Waals surface area contributed by atoms with Crippen molar-refractivity contribution in [3.8, 4) is 0 Å². The fourth-order valence-electron chi connectivity index (χ4n) is 0.284. The number of ether oxygens (including phenoxy) is 1. The van der Waals surface area contributed by atoms with Crippen molar-refractivity contribution in [3.05, 3.63) is 0 Å². The highest BCUT2D eigenvalue weighted by molar-refractivity contribution is 5.81. The van der Waals surface area contributed by atoms with Crippen molar-refractivity contribution >= 4 is 17.5 Å². The van der Waals surface area contributed by atoms with Crippen LogP contribution >= 0.6 is 0 Å². The summed E-state index contributed by atoms with van der Waals surface area (Å²) in [7, 11) is 0. The molecule has 0 aliphatic heterocycles. The Bertz CT molecular complexity index is 196. The molecule has 0 radical (unpaired) electrons. The largest absolute Gasteiger partial charge is 0.458 e. The van der Waals surface area contributed by atoms with Crippen LogP contribution in [-0.4, -0.2) is 24.1 Å². The van der Waals surface area contributed by atoms with E-state index in [2.05, 4.69) is 4.74 Å². The fourth-order valence-corrected chi connectivity index (χ4v) is 0.284. The average Bonchev–Trinajstić information content (AvgIpc) is 2.14. The molecule has 0 N–H and O–H groups in total. The molecule has 0 unspecified atom stereocenters. The molecule has 0 atom stereocenters. The van der Waals surface area contributed by atoms with E-state index in [0.717, 1.165) is 0 Å². The van der Waals surface area contributed by atoms with Crippen molar-refractivity contribution in [1.29, 1.82) is 0 Å². The van der Waals surface area contributed by atoms with Crippen molar-refractivity contribution < 1.29 is 19.1 Å². The molecular weight excluding hydrogens is 184 g/mol. The van der Waals surface area contributed by atoms with E-state index in [1.54, 1.807) is 13.8 Å². The molecule has 0 bridgehead atoms. The lowest BCUT2D eigenvalue weighted by Crippen LogP contribution is -2.09. The van der Waals surface area contributed by atoms with Crippen molar-refractivity contribution in [2.24, 2.45) is 0 Å². The van der Waals surface area contributed by atoms with Crippen LogP contribution < -0.4 is 0 Å². The van der Waals surface area contributed by atoms with E-state index in [4.69, 9.17) is 0 Å². The average molecular weight is 202 g/mol. The summed E-state index contributed by atoms with van der Waals surface area (Å²) in [5.74, 6) is -0.202. The molecule has 4 heteroatoms. The van der Waals surface area contributed by atoms with Crippen molar-refractivity contribution in [1.82, 2.24) is 0 Å². The van der Waals surface area contributed by atoms with Gasteiger partial charge in [-0.3, -0.25) is 9.59 Å². The lowest BCUT2D eigenvalue weighted by molar-refractivity contribution is -0.145. The van der Waals surface area contributed by atoms with Gasteiger partial charge in [-0.15, -0.1) is 0 Å². The van der Waals surface area contributed by atoms with Gasteiger partial charge in [0, 0.05) is 19.8 Å². The van der Waals surface area contributed by atoms with Gasteiger partial charge in [-0.1, -0.05) is 13.8 Å². The van der Waals surface area contributed by atoms with Crippen molar-refractivity contribution in [2.45, 2.75) is 40.5 Å². The fraction of sp³-hybridized carbons (Fsp3) is 0.700. The third-order valence-electron chi connectivity index (χ3n) is 1.33. The lowest BCUT2D eigenvalue weighted by atomic mass is 10.3. The van der Waals surface area contributed by atoms with E-state index in [1.807, 2.05) is 6.92 Å². The number of hydrogen-bond acceptors (Lipinski definition) is 4. The highest BCUT2D eigenvalue weighted by Gasteiger charge is 1.98. The van der Waals surface area contributed by atoms with Crippen LogP contribution in [0.1, 0.15) is 40.5 Å². The minimum atomic E-state index is -0.406. The van der Waals surface area contributed by atoms with Crippen molar-refractivity contribution in [3.63, 3.8) is 0 Å². The first kappa shape index (κ1) is 15.3. The van der Waals surface area contributed by atoms with Gasteiger partial charge in [0.25, 0.3) is 0 Å². The summed E-state index contributed by atoms with van der Waals surface area (Å²) < 4.78 is 4.41. The Morgan fingerprint density at radius 3 is 1.64 bits per heavy atom. The molecule has 0 rings (SSSR count). The molecule has 0 aromatic rings. The Labute approximate surface area is 84.6 Å². The first-order valence-electron chi connectivity index (χ1n) is 4.58. The molecule has 0 aliphatic carbocycles. The van der Waals surface area contributed by atoms with Gasteiger partial charge >= 0.3 is 5.97 Å². The molecule has 0 fully saturated rings. The summed E-state index contributed by atoms with van der Waals surface area (Å²) >= 11 is 0. The zero-order valence-corrected chi connectivity index (χ0v) is 9.25. The predicted octanol–water partition coefficient (Wildman–Crippen LogP) is 1.51. The minimum absolute atomic E-state index is 0.0507. The lowest BCUT2D eigenvalue weighted by Gasteiger charge is -1.96. The van der Waals surface area contributed by atoms with Crippen LogP contribution in [0, 0.1) is 0 Å². The molecule has 82 valence electrons. The molecule has 0 saturated carbocycles. The molecule has 0 saturated heterocycles. The van der Waals surface area contributed by atoms with Gasteiger partial charge in [0.2, 0.25) is 0 Å². The van der Waals surface area contributed by atoms with Gasteiger partial charge in [0.15, 0.2) is 5.78 Å². The number of hydrogen-bond donors (Lipinski definition) is 0. The summed E-state index contributed by atoms with van der Waals surface area (Å²) in [5.41, 5.74) is 0. The maximum absolute atomic E-state index is 10.4. The Morgan fingerprint density at radius 1 is 1.00 bits per heavy atom. The van der Waals surface area contributed by atoms with Gasteiger partial charge in [-0.25, -0.2) is 0 Å². The summed E-state index contributed by atoms with van der Waals surface area (Å²) in [4.78, 5) is 30.3. The highest BCUT2D eigenvalue weighted by atomic mass is 16.5. The van der Waals surface area contributed by atoms with E-state index in [9.17, 15) is 14.4 Å². The quantitative estimate of drug-likeness (QED) is 0.648. The summed E-state index contributed by atoms with van der Waals surface area (Å²) in [5, 5.41) is 0. The van der Waals surface area contributed by atoms with E-state index >= 15 is 0 Å². The molecule has 0 heterocycles. The zero-order valence-electron chi connectivity index (χ0n) is 9.25. The monoisotopic (exact) mass is 202 g/mol. The number of esters is 1. The van der Waals surface area contributed by atoms with Crippen LogP contribution in [0.2, 0.25) is 0 Å². The topological polar surface area (TPSA) is 60.4 Å². The second kappa shape index (κ2) is 9.89. The molecule has 0 aromatic carbocycles. The number of rotatable bonds is 4. The molecule has 14 heavy (non-hydrogen) atoms. The van der Waals surface area contributed by atoms with Crippen LogP contribution in [0.25, 0.3) is 0 Å². The number of ketones is 2. The Balaban J connectivity index is 0. The van der Waals surface area contributed by atoms with E-state index in [-0.39, 0.29) is 18.2 Å². The predicted molar refractivity (Wildman–Crippen MR) is 52.9 cm³/mol. The summed E-state index contributed by atoms with van der Waals surface area (Å²) in [6.45, 7) is 6.36. The van der Waals surface area contributed by atoms with Crippen LogP contribution in [0.4, 0.5) is 0 Å². The molecule has 4 nitrogen and oxygen atoms in total. The van der Waals surface area contributed by atoms with Crippen molar-refractivity contribution in [2.75, 3.05) is 6.61 Å². The van der Waals surface area contributed by atoms with Crippen LogP contribution in [0.15, 0.2) is 0 Å². The maximum atomic E-state index is 10.4. The van der Waals surface area contributed by atoms with Crippen LogP contribution in [0.3, 0.4) is 0 Å². The van der Waals surface area contributed by atoms with Crippen LogP contribution in [0.5, 0.6) is 0 Å². The van der Waals surface area contributed by atoms with Gasteiger partial charge in [-0.2, -0.15) is 0 Å². The Hall–Kier alpha value is -1.19. The first-order valence-corrected chi connectivity index (χ1v) is 4.58. The third kappa shape index (κ3) is 17.1. The second-order valence-electron chi connectivity index (χ2n) is 2.73. The number of carbonyl (C=O) groups is 3. The number of carbonyl (C=O) groups excluding carboxylic acids is 3. The summed E-state index contributed by atoms with van der Waals surface area (Å²) in [6, 6.07) is 0. The van der Waals surface area contributed by atoms with Gasteiger partial charge < -0.3 is 9.53 Å². The second-order valence-corrected chi connectivity index (χ2v) is 2.73. The van der Waals surface area contributed by atoms with E-state index < -0.39 is 5.97 Å². The maximum Gasteiger partial charge on any atom is 0.303 e. The van der Waals surface area contributed by atoms with Gasteiger partial charge in [0.05, 0.1) is 0 Å². The molecule has 0 aromatic heterocycles. The standard InChI is InChI=1S/C6H10O3.C4H8O/c1-3-6(8)4-9-5(2)7;1-3-4(2)5/h3-4H2,1-2H3;3H2,1-2H3. The van der Waals surface area contributed by atoms with Crippen LogP contribution in [-0.2, 0) is 19.1 Å². The smallest absolute Gasteiger partial charge is 0.303 e. The summed E-state index contributed by atoms with van der Waals surface area (Å²) in [6.07, 6.45) is 1.09. The van der Waals surface area contributed by atoms with E-state index in [0.29, 0.717) is 12.8 Å². The number of Topliss-reactive ketones (excluding diaryl/α,β-unsaturated/α-hetero) is 2. The first-order chi connectivity index (χ1) is 6.43. The van der Waals surface area contributed by atoms with E-state index in [1.165, 1.54) is 6.92 Å². The SMILES string of the molecule is CCC(=O)COC(C)=O.CCC(C)=O. The Morgan fingerprint density at radius 2 is 1.43 bits per heavy atom. The molecule has 0 amide bonds. The minimum Gasteiger partial charge on any atom is -0.458 e. The molecular formula is C10H18O4. The zero-order chi connectivity index (χ0) is 11.6. The normalized spacial score (nSPS) is 8.29. The van der Waals surface area contributed by atoms with Gasteiger partial charge in [0.1, 0.15) is 12.4 Å². The Kier molecular flexibility index (Phi) is 10.8. The third-order valence-corrected chi connectivity index (χ3v) is 1.33. The highest BCUT2D eigenvalue weighted by Crippen LogP contribution is 1.82. The molecule has 0 spiro atoms.